The second-order valence-corrected chi connectivity index (χ2v) is 7.25. The first kappa shape index (κ1) is 24.1. The highest BCUT2D eigenvalue weighted by Crippen LogP contribution is 2.14. The first-order valence-corrected chi connectivity index (χ1v) is 9.56. The van der Waals surface area contributed by atoms with Gasteiger partial charge in [-0.15, -0.1) is 0 Å². The van der Waals surface area contributed by atoms with E-state index in [2.05, 4.69) is 15.6 Å². The van der Waals surface area contributed by atoms with E-state index < -0.39 is 30.1 Å². The van der Waals surface area contributed by atoms with Gasteiger partial charge in [-0.3, -0.25) is 9.59 Å². The third-order valence-electron chi connectivity index (χ3n) is 4.17. The minimum Gasteiger partial charge on any atom is -0.505 e. The van der Waals surface area contributed by atoms with Gasteiger partial charge in [0, 0.05) is 18.3 Å². The Morgan fingerprint density at radius 3 is 2.41 bits per heavy atom. The Morgan fingerprint density at radius 2 is 1.90 bits per heavy atom. The summed E-state index contributed by atoms with van der Waals surface area (Å²) >= 11 is 0. The van der Waals surface area contributed by atoms with E-state index in [-0.39, 0.29) is 35.4 Å². The molecule has 0 aliphatic heterocycles. The highest BCUT2D eigenvalue weighted by molar-refractivity contribution is 5.98. The first-order valence-electron chi connectivity index (χ1n) is 9.56. The van der Waals surface area contributed by atoms with Gasteiger partial charge in [-0.2, -0.15) is 0 Å². The summed E-state index contributed by atoms with van der Waals surface area (Å²) in [5.74, 6) is -1.74. The van der Waals surface area contributed by atoms with Crippen molar-refractivity contribution in [1.82, 2.24) is 15.6 Å². The van der Waals surface area contributed by atoms with Crippen molar-refractivity contribution in [3.05, 3.63) is 24.0 Å². The van der Waals surface area contributed by atoms with Crippen LogP contribution in [0.2, 0.25) is 0 Å². The molecule has 0 aliphatic carbocycles. The number of carbonyl (C=O) groups is 3. The SMILES string of the molecule is CCC(=O)NC(CC(C)C)C(=O)OC(C)C(NC(=O)c1ncccc1O)C(C)=N. The zero-order chi connectivity index (χ0) is 22.1. The van der Waals surface area contributed by atoms with Crippen LogP contribution in [0.25, 0.3) is 0 Å². The van der Waals surface area contributed by atoms with Gasteiger partial charge in [0.25, 0.3) is 5.91 Å². The molecule has 1 aromatic rings. The molecule has 2 amide bonds. The van der Waals surface area contributed by atoms with E-state index in [0.29, 0.717) is 6.42 Å². The quantitative estimate of drug-likeness (QED) is 0.345. The van der Waals surface area contributed by atoms with Gasteiger partial charge in [-0.1, -0.05) is 20.8 Å². The number of esters is 1. The summed E-state index contributed by atoms with van der Waals surface area (Å²) in [6, 6.07) is 1.07. The molecule has 0 fully saturated rings. The van der Waals surface area contributed by atoms with E-state index in [1.54, 1.807) is 13.8 Å². The molecule has 9 nitrogen and oxygen atoms in total. The second-order valence-electron chi connectivity index (χ2n) is 7.25. The molecular formula is C20H30N4O5. The maximum atomic E-state index is 12.6. The fourth-order valence-electron chi connectivity index (χ4n) is 2.67. The lowest BCUT2D eigenvalue weighted by Gasteiger charge is -2.27. The molecule has 0 saturated carbocycles. The molecule has 0 aliphatic rings. The molecular weight excluding hydrogens is 376 g/mol. The van der Waals surface area contributed by atoms with Crippen LogP contribution >= 0.6 is 0 Å². The molecule has 0 bridgehead atoms. The number of aromatic hydroxyl groups is 1. The number of amides is 2. The van der Waals surface area contributed by atoms with Crippen molar-refractivity contribution in [2.75, 3.05) is 0 Å². The summed E-state index contributed by atoms with van der Waals surface area (Å²) in [6.07, 6.45) is 1.13. The highest BCUT2D eigenvalue weighted by Gasteiger charge is 2.30. The molecule has 160 valence electrons. The van der Waals surface area contributed by atoms with Gasteiger partial charge in [0.2, 0.25) is 5.91 Å². The van der Waals surface area contributed by atoms with Crippen molar-refractivity contribution in [3.63, 3.8) is 0 Å². The molecule has 0 spiro atoms. The van der Waals surface area contributed by atoms with Crippen LogP contribution in [0.5, 0.6) is 5.75 Å². The van der Waals surface area contributed by atoms with Crippen LogP contribution < -0.4 is 10.6 Å². The predicted octanol–water partition coefficient (Wildman–Crippen LogP) is 1.80. The lowest BCUT2D eigenvalue weighted by atomic mass is 10.0. The third-order valence-corrected chi connectivity index (χ3v) is 4.17. The number of carbonyl (C=O) groups excluding carboxylic acids is 3. The van der Waals surface area contributed by atoms with E-state index in [9.17, 15) is 19.5 Å². The van der Waals surface area contributed by atoms with Crippen molar-refractivity contribution in [1.29, 1.82) is 5.41 Å². The zero-order valence-corrected chi connectivity index (χ0v) is 17.5. The van der Waals surface area contributed by atoms with E-state index in [0.717, 1.165) is 0 Å². The Hall–Kier alpha value is -2.97. The van der Waals surface area contributed by atoms with Crippen LogP contribution in [0, 0.1) is 11.3 Å². The van der Waals surface area contributed by atoms with Crippen LogP contribution in [-0.4, -0.2) is 51.8 Å². The Balaban J connectivity index is 2.89. The molecule has 3 atom stereocenters. The molecule has 3 unspecified atom stereocenters. The topological polar surface area (TPSA) is 141 Å². The fourth-order valence-corrected chi connectivity index (χ4v) is 2.67. The molecule has 0 aromatic carbocycles. The Kier molecular flexibility index (Phi) is 9.24. The molecule has 1 aromatic heterocycles. The molecule has 4 N–H and O–H groups in total. The summed E-state index contributed by atoms with van der Waals surface area (Å²) in [7, 11) is 0. The van der Waals surface area contributed by atoms with Crippen molar-refractivity contribution in [2.45, 2.75) is 65.6 Å². The van der Waals surface area contributed by atoms with Crippen LogP contribution in [-0.2, 0) is 14.3 Å². The summed E-state index contributed by atoms with van der Waals surface area (Å²) in [6.45, 7) is 8.55. The van der Waals surface area contributed by atoms with E-state index in [1.807, 2.05) is 13.8 Å². The summed E-state index contributed by atoms with van der Waals surface area (Å²) in [5, 5.41) is 22.9. The van der Waals surface area contributed by atoms with Crippen LogP contribution in [0.4, 0.5) is 0 Å². The minimum atomic E-state index is -0.922. The van der Waals surface area contributed by atoms with Crippen molar-refractivity contribution in [3.8, 4) is 5.75 Å². The smallest absolute Gasteiger partial charge is 0.328 e. The minimum absolute atomic E-state index is 0.0621. The number of nitrogens with one attached hydrogen (secondary N) is 3. The summed E-state index contributed by atoms with van der Waals surface area (Å²) in [4.78, 5) is 40.6. The third kappa shape index (κ3) is 7.52. The van der Waals surface area contributed by atoms with Gasteiger partial charge in [0.1, 0.15) is 23.9 Å². The Morgan fingerprint density at radius 1 is 1.24 bits per heavy atom. The number of ether oxygens (including phenoxy) is 1. The molecule has 1 heterocycles. The number of rotatable bonds is 10. The van der Waals surface area contributed by atoms with Crippen molar-refractivity contribution in [2.24, 2.45) is 5.92 Å². The number of aromatic nitrogens is 1. The molecule has 9 heteroatoms. The predicted molar refractivity (Wildman–Crippen MR) is 108 cm³/mol. The number of hydrogen-bond donors (Lipinski definition) is 4. The van der Waals surface area contributed by atoms with Gasteiger partial charge >= 0.3 is 5.97 Å². The zero-order valence-electron chi connectivity index (χ0n) is 17.5. The molecule has 29 heavy (non-hydrogen) atoms. The second kappa shape index (κ2) is 11.1. The Bertz CT molecular complexity index is 750. The average molecular weight is 406 g/mol. The Labute approximate surface area is 170 Å². The maximum absolute atomic E-state index is 12.6. The number of hydrogen-bond acceptors (Lipinski definition) is 7. The first-order chi connectivity index (χ1) is 13.6. The van der Waals surface area contributed by atoms with Gasteiger partial charge in [0.05, 0.1) is 0 Å². The standard InChI is InChI=1S/C20H30N4O5/c1-6-16(26)23-14(10-11(2)3)20(28)29-13(5)17(12(4)21)24-19(27)18-15(25)8-7-9-22-18/h7-9,11,13-14,17,21,25H,6,10H2,1-5H3,(H,23,26)(H,24,27). The fraction of sp³-hybridized carbons (Fsp3) is 0.550. The highest BCUT2D eigenvalue weighted by atomic mass is 16.5. The normalized spacial score (nSPS) is 13.9. The number of nitrogens with zero attached hydrogens (tertiary/aromatic N) is 1. The van der Waals surface area contributed by atoms with E-state index in [1.165, 1.54) is 25.3 Å². The molecule has 0 radical (unpaired) electrons. The van der Waals surface area contributed by atoms with Crippen molar-refractivity contribution >= 4 is 23.5 Å². The van der Waals surface area contributed by atoms with Gasteiger partial charge in [-0.25, -0.2) is 9.78 Å². The summed E-state index contributed by atoms with van der Waals surface area (Å²) < 4.78 is 5.46. The largest absolute Gasteiger partial charge is 0.505 e. The van der Waals surface area contributed by atoms with Gasteiger partial charge in [0.15, 0.2) is 5.69 Å². The number of pyridine rings is 1. The lowest BCUT2D eigenvalue weighted by Crippen LogP contribution is -2.50. The average Bonchev–Trinajstić information content (AvgIpc) is 2.64. The van der Waals surface area contributed by atoms with E-state index >= 15 is 0 Å². The lowest BCUT2D eigenvalue weighted by molar-refractivity contribution is -0.153. The van der Waals surface area contributed by atoms with Gasteiger partial charge in [-0.05, 0) is 38.3 Å². The van der Waals surface area contributed by atoms with Crippen LogP contribution in [0.3, 0.4) is 0 Å². The van der Waals surface area contributed by atoms with Gasteiger partial charge < -0.3 is 25.9 Å². The van der Waals surface area contributed by atoms with Crippen molar-refractivity contribution < 1.29 is 24.2 Å². The van der Waals surface area contributed by atoms with E-state index in [4.69, 9.17) is 10.1 Å². The van der Waals surface area contributed by atoms with Crippen LogP contribution in [0.1, 0.15) is 57.9 Å². The van der Waals surface area contributed by atoms with Crippen LogP contribution in [0.15, 0.2) is 18.3 Å². The maximum Gasteiger partial charge on any atom is 0.328 e. The summed E-state index contributed by atoms with van der Waals surface area (Å²) in [5.41, 5.74) is -0.128. The molecule has 0 saturated heterocycles. The molecule has 1 rings (SSSR count). The monoisotopic (exact) mass is 406 g/mol.